The van der Waals surface area contributed by atoms with Crippen molar-refractivity contribution in [2.45, 2.75) is 5.33 Å². The fourth-order valence-corrected chi connectivity index (χ4v) is 3.26. The van der Waals surface area contributed by atoms with Crippen LogP contribution in [0.3, 0.4) is 0 Å². The molecule has 3 rings (SSSR count). The van der Waals surface area contributed by atoms with Crippen LogP contribution in [0.4, 0.5) is 0 Å². The molecule has 0 atom stereocenters. The summed E-state index contributed by atoms with van der Waals surface area (Å²) >= 11 is 11.2. The second-order valence-electron chi connectivity index (χ2n) is 3.99. The average molecular weight is 339 g/mol. The van der Waals surface area contributed by atoms with Gasteiger partial charge in [-0.3, -0.25) is 0 Å². The van der Waals surface area contributed by atoms with Crippen molar-refractivity contribution in [3.63, 3.8) is 0 Å². The molecule has 1 aromatic heterocycles. The van der Waals surface area contributed by atoms with E-state index in [-0.39, 0.29) is 0 Å². The number of alkyl halides is 1. The Morgan fingerprint density at radius 3 is 2.89 bits per heavy atom. The maximum atomic E-state index is 6.07. The molecular weight excluding hydrogens is 330 g/mol. The Kier molecular flexibility index (Phi) is 3.37. The topological polar surface area (TPSA) is 12.9 Å². The molecule has 0 aliphatic heterocycles. The lowest BCUT2D eigenvalue weighted by atomic mass is 10.0. The van der Waals surface area contributed by atoms with Crippen LogP contribution in [0.5, 0.6) is 0 Å². The van der Waals surface area contributed by atoms with Crippen LogP contribution in [0.2, 0.25) is 5.02 Å². The molecule has 0 amide bonds. The first-order valence-corrected chi connectivity index (χ1v) is 7.84. The average Bonchev–Trinajstić information content (AvgIpc) is 2.85. The van der Waals surface area contributed by atoms with Gasteiger partial charge in [0.2, 0.25) is 0 Å². The second-order valence-corrected chi connectivity index (χ2v) is 5.87. The quantitative estimate of drug-likeness (QED) is 0.561. The van der Waals surface area contributed by atoms with Crippen LogP contribution < -0.4 is 0 Å². The van der Waals surface area contributed by atoms with Gasteiger partial charge in [0.05, 0.1) is 15.7 Å². The summed E-state index contributed by atoms with van der Waals surface area (Å²) in [5, 5.41) is 1.59. The molecule has 1 heterocycles. The van der Waals surface area contributed by atoms with Gasteiger partial charge in [0, 0.05) is 15.9 Å². The van der Waals surface area contributed by atoms with Crippen LogP contribution in [0.25, 0.3) is 21.3 Å². The molecule has 0 saturated heterocycles. The smallest absolute Gasteiger partial charge is 0.0890 e. The number of aromatic nitrogens is 1. The zero-order valence-corrected chi connectivity index (χ0v) is 12.5. The number of rotatable bonds is 2. The predicted octanol–water partition coefficient (Wildman–Crippen LogP) is 5.51. The van der Waals surface area contributed by atoms with Gasteiger partial charge in [-0.05, 0) is 35.4 Å². The number of benzene rings is 2. The molecule has 0 unspecified atom stereocenters. The fraction of sp³-hybridized carbons (Fsp3) is 0.0714. The number of thiazole rings is 1. The Hall–Kier alpha value is -0.900. The summed E-state index contributed by atoms with van der Waals surface area (Å²) in [4.78, 5) is 4.46. The lowest BCUT2D eigenvalue weighted by molar-refractivity contribution is 1.44. The standard InChI is InChI=1S/C14H9BrClNS/c15-7-9-4-12(10-2-1-3-11(16)6-10)14-13(5-9)18-8-17-14/h1-6,8H,7H2. The highest BCUT2D eigenvalue weighted by Gasteiger charge is 2.09. The largest absolute Gasteiger partial charge is 0.244 e. The fourth-order valence-electron chi connectivity index (χ4n) is 1.98. The minimum Gasteiger partial charge on any atom is -0.244 e. The van der Waals surface area contributed by atoms with E-state index in [2.05, 4.69) is 39.1 Å². The van der Waals surface area contributed by atoms with E-state index in [0.717, 1.165) is 27.0 Å². The van der Waals surface area contributed by atoms with Crippen molar-refractivity contribution >= 4 is 49.1 Å². The first kappa shape index (κ1) is 12.2. The summed E-state index contributed by atoms with van der Waals surface area (Å²) in [6.07, 6.45) is 0. The van der Waals surface area contributed by atoms with Crippen LogP contribution in [-0.2, 0) is 5.33 Å². The van der Waals surface area contributed by atoms with Crippen molar-refractivity contribution in [1.82, 2.24) is 4.98 Å². The molecule has 90 valence electrons. The van der Waals surface area contributed by atoms with E-state index in [0.29, 0.717) is 0 Å². The number of hydrogen-bond acceptors (Lipinski definition) is 2. The van der Waals surface area contributed by atoms with Crippen LogP contribution in [-0.4, -0.2) is 4.98 Å². The zero-order valence-electron chi connectivity index (χ0n) is 9.36. The third-order valence-electron chi connectivity index (χ3n) is 2.79. The highest BCUT2D eigenvalue weighted by atomic mass is 79.9. The number of hydrogen-bond donors (Lipinski definition) is 0. The molecular formula is C14H9BrClNS. The third kappa shape index (κ3) is 2.18. The second kappa shape index (κ2) is 5.00. The predicted molar refractivity (Wildman–Crippen MR) is 82.7 cm³/mol. The summed E-state index contributed by atoms with van der Waals surface area (Å²) < 4.78 is 1.21. The van der Waals surface area contributed by atoms with Gasteiger partial charge in [-0.2, -0.15) is 0 Å². The maximum Gasteiger partial charge on any atom is 0.0890 e. The lowest BCUT2D eigenvalue weighted by Crippen LogP contribution is -1.84. The minimum absolute atomic E-state index is 0.750. The van der Waals surface area contributed by atoms with E-state index in [1.807, 2.05) is 23.7 Å². The van der Waals surface area contributed by atoms with Crippen molar-refractivity contribution in [3.05, 3.63) is 52.5 Å². The summed E-state index contributed by atoms with van der Waals surface area (Å²) in [5.41, 5.74) is 6.44. The number of nitrogens with zero attached hydrogens (tertiary/aromatic N) is 1. The molecule has 4 heteroatoms. The van der Waals surface area contributed by atoms with Gasteiger partial charge in [-0.25, -0.2) is 4.98 Å². The Morgan fingerprint density at radius 1 is 1.22 bits per heavy atom. The Morgan fingerprint density at radius 2 is 2.11 bits per heavy atom. The van der Waals surface area contributed by atoms with E-state index in [4.69, 9.17) is 11.6 Å². The monoisotopic (exact) mass is 337 g/mol. The number of fused-ring (bicyclic) bond motifs is 1. The summed E-state index contributed by atoms with van der Waals surface area (Å²) in [5.74, 6) is 0. The van der Waals surface area contributed by atoms with Gasteiger partial charge in [0.25, 0.3) is 0 Å². The van der Waals surface area contributed by atoms with E-state index < -0.39 is 0 Å². The first-order chi connectivity index (χ1) is 8.78. The number of halogens is 2. The first-order valence-electron chi connectivity index (χ1n) is 5.46. The van der Waals surface area contributed by atoms with Gasteiger partial charge in [0.1, 0.15) is 0 Å². The van der Waals surface area contributed by atoms with Gasteiger partial charge in [-0.1, -0.05) is 39.7 Å². The molecule has 0 radical (unpaired) electrons. The summed E-state index contributed by atoms with van der Waals surface area (Å²) in [7, 11) is 0. The Labute approximate surface area is 123 Å². The Bertz CT molecular complexity index is 708. The highest BCUT2D eigenvalue weighted by Crippen LogP contribution is 2.33. The summed E-state index contributed by atoms with van der Waals surface area (Å²) in [6.45, 7) is 0. The molecule has 2 aromatic carbocycles. The SMILES string of the molecule is Clc1cccc(-c2cc(CBr)cc3scnc23)c1. The molecule has 1 nitrogen and oxygen atoms in total. The lowest BCUT2D eigenvalue weighted by Gasteiger charge is -2.06. The molecule has 0 aliphatic carbocycles. The van der Waals surface area contributed by atoms with Gasteiger partial charge >= 0.3 is 0 Å². The van der Waals surface area contributed by atoms with E-state index in [1.54, 1.807) is 11.3 Å². The van der Waals surface area contributed by atoms with Crippen LogP contribution in [0.15, 0.2) is 41.9 Å². The van der Waals surface area contributed by atoms with Gasteiger partial charge in [0.15, 0.2) is 0 Å². The van der Waals surface area contributed by atoms with Crippen LogP contribution in [0, 0.1) is 0 Å². The van der Waals surface area contributed by atoms with E-state index in [9.17, 15) is 0 Å². The van der Waals surface area contributed by atoms with Crippen LogP contribution >= 0.6 is 38.9 Å². The zero-order chi connectivity index (χ0) is 12.5. The van der Waals surface area contributed by atoms with Gasteiger partial charge in [-0.15, -0.1) is 11.3 Å². The normalized spacial score (nSPS) is 11.0. The minimum atomic E-state index is 0.750. The van der Waals surface area contributed by atoms with Crippen molar-refractivity contribution in [2.75, 3.05) is 0 Å². The van der Waals surface area contributed by atoms with Crippen molar-refractivity contribution in [1.29, 1.82) is 0 Å². The molecule has 0 spiro atoms. The Balaban J connectivity index is 2.29. The van der Waals surface area contributed by atoms with E-state index in [1.165, 1.54) is 10.3 Å². The highest BCUT2D eigenvalue weighted by molar-refractivity contribution is 9.08. The molecule has 0 bridgehead atoms. The summed E-state index contributed by atoms with van der Waals surface area (Å²) in [6, 6.07) is 12.2. The van der Waals surface area contributed by atoms with Crippen LogP contribution in [0.1, 0.15) is 5.56 Å². The van der Waals surface area contributed by atoms with Crippen molar-refractivity contribution in [3.8, 4) is 11.1 Å². The maximum absolute atomic E-state index is 6.07. The molecule has 0 N–H and O–H groups in total. The molecule has 0 fully saturated rings. The molecule has 0 aliphatic rings. The van der Waals surface area contributed by atoms with Crippen molar-refractivity contribution in [2.24, 2.45) is 0 Å². The molecule has 18 heavy (non-hydrogen) atoms. The van der Waals surface area contributed by atoms with E-state index >= 15 is 0 Å². The molecule has 0 saturated carbocycles. The van der Waals surface area contributed by atoms with Crippen molar-refractivity contribution < 1.29 is 0 Å². The third-order valence-corrected chi connectivity index (χ3v) is 4.44. The molecule has 3 aromatic rings. The van der Waals surface area contributed by atoms with Gasteiger partial charge < -0.3 is 0 Å².